The van der Waals surface area contributed by atoms with Crippen LogP contribution >= 0.6 is 11.6 Å². The van der Waals surface area contributed by atoms with Gasteiger partial charge in [0.2, 0.25) is 0 Å². The number of aliphatic hydroxyl groups excluding tert-OH is 1. The van der Waals surface area contributed by atoms with Crippen LogP contribution in [0.4, 0.5) is 0 Å². The highest BCUT2D eigenvalue weighted by molar-refractivity contribution is 6.30. The highest BCUT2D eigenvalue weighted by Crippen LogP contribution is 2.37. The predicted octanol–water partition coefficient (Wildman–Crippen LogP) is 2.18. The van der Waals surface area contributed by atoms with Gasteiger partial charge in [0.25, 0.3) is 0 Å². The average molecular weight is 270 g/mol. The van der Waals surface area contributed by atoms with Gasteiger partial charge in [-0.05, 0) is 36.5 Å². The molecule has 0 aromatic heterocycles. The smallest absolute Gasteiger partial charge is 0.0638 e. The molecule has 0 saturated heterocycles. The molecule has 2 N–H and O–H groups in total. The number of hydrogen-bond acceptors (Lipinski definition) is 3. The van der Waals surface area contributed by atoms with Crippen LogP contribution < -0.4 is 5.32 Å². The lowest BCUT2D eigenvalue weighted by atomic mass is 9.75. The number of aliphatic hydroxyl groups is 1. The number of methoxy groups -OCH3 is 1. The lowest BCUT2D eigenvalue weighted by Gasteiger charge is -2.38. The maximum Gasteiger partial charge on any atom is 0.0638 e. The van der Waals surface area contributed by atoms with Crippen LogP contribution in [-0.2, 0) is 4.74 Å². The Morgan fingerprint density at radius 2 is 2.06 bits per heavy atom. The molecule has 3 nitrogen and oxygen atoms in total. The van der Waals surface area contributed by atoms with Crippen LogP contribution in [0.5, 0.6) is 0 Å². The summed E-state index contributed by atoms with van der Waals surface area (Å²) in [6.07, 6.45) is 2.23. The quantitative estimate of drug-likeness (QED) is 0.832. The van der Waals surface area contributed by atoms with E-state index in [1.54, 1.807) is 7.11 Å². The molecule has 18 heavy (non-hydrogen) atoms. The Bertz CT molecular complexity index is 363. The SMILES string of the molecule is COCC(CO)NC1CC(c2ccc(Cl)cc2)C1. The molecular weight excluding hydrogens is 250 g/mol. The largest absolute Gasteiger partial charge is 0.395 e. The maximum absolute atomic E-state index is 9.18. The molecule has 1 saturated carbocycles. The van der Waals surface area contributed by atoms with Crippen LogP contribution in [-0.4, -0.2) is 37.5 Å². The number of nitrogens with one attached hydrogen (secondary N) is 1. The predicted molar refractivity (Wildman–Crippen MR) is 73.1 cm³/mol. The molecule has 1 fully saturated rings. The summed E-state index contributed by atoms with van der Waals surface area (Å²) < 4.78 is 5.05. The molecule has 0 amide bonds. The zero-order chi connectivity index (χ0) is 13.0. The van der Waals surface area contributed by atoms with E-state index in [2.05, 4.69) is 17.4 Å². The molecule has 1 atom stereocenters. The standard InChI is InChI=1S/C14H20ClNO2/c1-18-9-14(8-17)16-13-6-11(7-13)10-2-4-12(15)5-3-10/h2-5,11,13-14,16-17H,6-9H2,1H3. The molecular formula is C14H20ClNO2. The van der Waals surface area contributed by atoms with E-state index in [1.807, 2.05) is 12.1 Å². The molecule has 0 spiro atoms. The third kappa shape index (κ3) is 3.45. The van der Waals surface area contributed by atoms with Crippen molar-refractivity contribution in [1.29, 1.82) is 0 Å². The first kappa shape index (κ1) is 13.8. The molecule has 0 bridgehead atoms. The van der Waals surface area contributed by atoms with Crippen molar-refractivity contribution in [3.63, 3.8) is 0 Å². The normalized spacial score (nSPS) is 24.6. The van der Waals surface area contributed by atoms with Crippen LogP contribution in [0.1, 0.15) is 24.3 Å². The Morgan fingerprint density at radius 1 is 1.39 bits per heavy atom. The first-order chi connectivity index (χ1) is 8.72. The molecule has 0 heterocycles. The third-order valence-corrected chi connectivity index (χ3v) is 3.79. The molecule has 0 aliphatic heterocycles. The summed E-state index contributed by atoms with van der Waals surface area (Å²) in [5.41, 5.74) is 1.35. The van der Waals surface area contributed by atoms with Gasteiger partial charge in [0.15, 0.2) is 0 Å². The van der Waals surface area contributed by atoms with Gasteiger partial charge in [-0.1, -0.05) is 23.7 Å². The van der Waals surface area contributed by atoms with Gasteiger partial charge in [-0.3, -0.25) is 0 Å². The Balaban J connectivity index is 1.78. The van der Waals surface area contributed by atoms with Crippen molar-refractivity contribution in [2.24, 2.45) is 0 Å². The van der Waals surface area contributed by atoms with Crippen LogP contribution in [0.25, 0.3) is 0 Å². The summed E-state index contributed by atoms with van der Waals surface area (Å²) in [5, 5.41) is 13.4. The number of halogens is 1. The number of rotatable bonds is 6. The van der Waals surface area contributed by atoms with Gasteiger partial charge in [0.05, 0.1) is 19.3 Å². The van der Waals surface area contributed by atoms with E-state index < -0.39 is 0 Å². The molecule has 1 aliphatic carbocycles. The van der Waals surface area contributed by atoms with Crippen molar-refractivity contribution in [1.82, 2.24) is 5.32 Å². The van der Waals surface area contributed by atoms with Crippen molar-refractivity contribution >= 4 is 11.6 Å². The maximum atomic E-state index is 9.18. The monoisotopic (exact) mass is 269 g/mol. The van der Waals surface area contributed by atoms with Gasteiger partial charge in [-0.25, -0.2) is 0 Å². The molecule has 100 valence electrons. The fraction of sp³-hybridized carbons (Fsp3) is 0.571. The summed E-state index contributed by atoms with van der Waals surface area (Å²) in [5.74, 6) is 0.613. The summed E-state index contributed by atoms with van der Waals surface area (Å²) >= 11 is 5.87. The van der Waals surface area contributed by atoms with Crippen LogP contribution in [0.3, 0.4) is 0 Å². The van der Waals surface area contributed by atoms with Crippen molar-refractivity contribution in [3.8, 4) is 0 Å². The first-order valence-corrected chi connectivity index (χ1v) is 6.72. The fourth-order valence-electron chi connectivity index (χ4n) is 2.45. The average Bonchev–Trinajstić information content (AvgIpc) is 2.33. The summed E-state index contributed by atoms with van der Waals surface area (Å²) in [6, 6.07) is 8.62. The van der Waals surface area contributed by atoms with Crippen molar-refractivity contribution in [2.75, 3.05) is 20.3 Å². The molecule has 1 aromatic carbocycles. The third-order valence-electron chi connectivity index (χ3n) is 3.54. The first-order valence-electron chi connectivity index (χ1n) is 6.34. The van der Waals surface area contributed by atoms with Crippen LogP contribution in [0.15, 0.2) is 24.3 Å². The van der Waals surface area contributed by atoms with Crippen molar-refractivity contribution < 1.29 is 9.84 Å². The van der Waals surface area contributed by atoms with E-state index in [-0.39, 0.29) is 12.6 Å². The van der Waals surface area contributed by atoms with E-state index in [4.69, 9.17) is 16.3 Å². The zero-order valence-electron chi connectivity index (χ0n) is 10.6. The van der Waals surface area contributed by atoms with E-state index >= 15 is 0 Å². The van der Waals surface area contributed by atoms with Crippen molar-refractivity contribution in [2.45, 2.75) is 30.8 Å². The van der Waals surface area contributed by atoms with Gasteiger partial charge >= 0.3 is 0 Å². The lowest BCUT2D eigenvalue weighted by Crippen LogP contribution is -2.48. The minimum absolute atomic E-state index is 0.0474. The Labute approximate surface area is 113 Å². The van der Waals surface area contributed by atoms with Crippen LogP contribution in [0.2, 0.25) is 5.02 Å². The van der Waals surface area contributed by atoms with E-state index in [0.717, 1.165) is 17.9 Å². The fourth-order valence-corrected chi connectivity index (χ4v) is 2.58. The summed E-state index contributed by atoms with van der Waals surface area (Å²) in [6.45, 7) is 0.675. The summed E-state index contributed by atoms with van der Waals surface area (Å²) in [7, 11) is 1.65. The zero-order valence-corrected chi connectivity index (χ0v) is 11.4. The minimum atomic E-state index is 0.0474. The van der Waals surface area contributed by atoms with E-state index in [0.29, 0.717) is 18.6 Å². The van der Waals surface area contributed by atoms with Gasteiger partial charge in [0, 0.05) is 18.2 Å². The van der Waals surface area contributed by atoms with E-state index in [1.165, 1.54) is 5.56 Å². The minimum Gasteiger partial charge on any atom is -0.395 e. The second-order valence-corrected chi connectivity index (χ2v) is 5.35. The molecule has 0 radical (unpaired) electrons. The van der Waals surface area contributed by atoms with Gasteiger partial charge in [-0.15, -0.1) is 0 Å². The Hall–Kier alpha value is -0.610. The Kier molecular flexibility index (Phi) is 5.01. The topological polar surface area (TPSA) is 41.5 Å². The molecule has 1 unspecified atom stereocenters. The molecule has 1 aromatic rings. The second kappa shape index (κ2) is 6.53. The number of ether oxygens (including phenoxy) is 1. The van der Waals surface area contributed by atoms with Gasteiger partial charge in [0.1, 0.15) is 0 Å². The molecule has 1 aliphatic rings. The van der Waals surface area contributed by atoms with E-state index in [9.17, 15) is 5.11 Å². The summed E-state index contributed by atoms with van der Waals surface area (Å²) in [4.78, 5) is 0. The van der Waals surface area contributed by atoms with Crippen molar-refractivity contribution in [3.05, 3.63) is 34.9 Å². The highest BCUT2D eigenvalue weighted by Gasteiger charge is 2.31. The van der Waals surface area contributed by atoms with Crippen LogP contribution in [0, 0.1) is 0 Å². The number of hydrogen-bond donors (Lipinski definition) is 2. The van der Waals surface area contributed by atoms with Gasteiger partial charge in [-0.2, -0.15) is 0 Å². The molecule has 4 heteroatoms. The van der Waals surface area contributed by atoms with Gasteiger partial charge < -0.3 is 15.2 Å². The second-order valence-electron chi connectivity index (χ2n) is 4.92. The Morgan fingerprint density at radius 3 is 2.61 bits per heavy atom. The number of benzene rings is 1. The molecule has 2 rings (SSSR count). The lowest BCUT2D eigenvalue weighted by molar-refractivity contribution is 0.110. The highest BCUT2D eigenvalue weighted by atomic mass is 35.5.